The lowest BCUT2D eigenvalue weighted by molar-refractivity contribution is 0.410. The second-order valence-corrected chi connectivity index (χ2v) is 5.21. The minimum atomic E-state index is -0.275. The highest BCUT2D eigenvalue weighted by Crippen LogP contribution is 2.33. The second-order valence-electron chi connectivity index (χ2n) is 4.27. The number of hydrogen-bond acceptors (Lipinski definition) is 4. The number of ether oxygens (including phenoxy) is 2. The fourth-order valence-corrected chi connectivity index (χ4v) is 2.98. The molecule has 1 atom stereocenters. The SMILES string of the molecule is CCNC(c1cc(OC)cs1)c1ccc(OC)cc1F. The molecule has 0 spiro atoms. The van der Waals surface area contributed by atoms with Crippen molar-refractivity contribution >= 4 is 11.3 Å². The summed E-state index contributed by atoms with van der Waals surface area (Å²) in [4.78, 5) is 1.02. The Kier molecular flexibility index (Phi) is 4.98. The van der Waals surface area contributed by atoms with Crippen LogP contribution in [0.1, 0.15) is 23.4 Å². The molecular formula is C15H18FNO2S. The third kappa shape index (κ3) is 3.11. The largest absolute Gasteiger partial charge is 0.497 e. The number of thiophene rings is 1. The fraction of sp³-hybridized carbons (Fsp3) is 0.333. The maximum atomic E-state index is 14.2. The van der Waals surface area contributed by atoms with Crippen LogP contribution in [0.3, 0.4) is 0 Å². The van der Waals surface area contributed by atoms with Gasteiger partial charge in [0.25, 0.3) is 0 Å². The summed E-state index contributed by atoms with van der Waals surface area (Å²) in [6.45, 7) is 2.75. The molecule has 0 aliphatic rings. The van der Waals surface area contributed by atoms with Crippen molar-refractivity contribution in [3.05, 3.63) is 45.9 Å². The molecule has 20 heavy (non-hydrogen) atoms. The number of nitrogens with one attached hydrogen (secondary N) is 1. The summed E-state index contributed by atoms with van der Waals surface area (Å²) in [6, 6.07) is 6.69. The van der Waals surface area contributed by atoms with Gasteiger partial charge in [-0.05, 0) is 18.7 Å². The average molecular weight is 295 g/mol. The quantitative estimate of drug-likeness (QED) is 0.883. The molecule has 1 N–H and O–H groups in total. The molecule has 0 fully saturated rings. The van der Waals surface area contributed by atoms with E-state index in [1.807, 2.05) is 18.4 Å². The number of hydrogen-bond donors (Lipinski definition) is 1. The summed E-state index contributed by atoms with van der Waals surface area (Å²) in [7, 11) is 3.16. The van der Waals surface area contributed by atoms with Gasteiger partial charge in [-0.2, -0.15) is 0 Å². The molecule has 3 nitrogen and oxygen atoms in total. The van der Waals surface area contributed by atoms with Crippen LogP contribution in [0, 0.1) is 5.82 Å². The van der Waals surface area contributed by atoms with Gasteiger partial charge in [-0.25, -0.2) is 4.39 Å². The van der Waals surface area contributed by atoms with Gasteiger partial charge in [-0.15, -0.1) is 11.3 Å². The second kappa shape index (κ2) is 6.72. The molecule has 1 heterocycles. The van der Waals surface area contributed by atoms with Gasteiger partial charge in [0, 0.05) is 21.9 Å². The average Bonchev–Trinajstić information content (AvgIpc) is 2.94. The first-order valence-electron chi connectivity index (χ1n) is 6.38. The van der Waals surface area contributed by atoms with Crippen molar-refractivity contribution in [2.75, 3.05) is 20.8 Å². The smallest absolute Gasteiger partial charge is 0.132 e. The van der Waals surface area contributed by atoms with Gasteiger partial charge < -0.3 is 14.8 Å². The molecule has 0 aliphatic heterocycles. The Balaban J connectivity index is 2.37. The summed E-state index contributed by atoms with van der Waals surface area (Å²) < 4.78 is 24.5. The molecular weight excluding hydrogens is 277 g/mol. The fourth-order valence-electron chi connectivity index (χ4n) is 2.03. The van der Waals surface area contributed by atoms with Gasteiger partial charge >= 0.3 is 0 Å². The Morgan fingerprint density at radius 2 is 1.95 bits per heavy atom. The van der Waals surface area contributed by atoms with E-state index in [0.29, 0.717) is 11.3 Å². The monoisotopic (exact) mass is 295 g/mol. The van der Waals surface area contributed by atoms with E-state index >= 15 is 0 Å². The van der Waals surface area contributed by atoms with Crippen molar-refractivity contribution in [1.82, 2.24) is 5.32 Å². The van der Waals surface area contributed by atoms with Crippen molar-refractivity contribution in [2.45, 2.75) is 13.0 Å². The molecule has 2 rings (SSSR count). The lowest BCUT2D eigenvalue weighted by atomic mass is 10.0. The van der Waals surface area contributed by atoms with Crippen LogP contribution in [-0.4, -0.2) is 20.8 Å². The first-order valence-corrected chi connectivity index (χ1v) is 7.26. The van der Waals surface area contributed by atoms with Gasteiger partial charge in [-0.3, -0.25) is 0 Å². The third-order valence-electron chi connectivity index (χ3n) is 3.04. The predicted octanol–water partition coefficient (Wildman–Crippen LogP) is 3.60. The van der Waals surface area contributed by atoms with Gasteiger partial charge in [0.15, 0.2) is 0 Å². The molecule has 0 aliphatic carbocycles. The Bertz CT molecular complexity index is 571. The van der Waals surface area contributed by atoms with Crippen LogP contribution in [0.5, 0.6) is 11.5 Å². The summed E-state index contributed by atoms with van der Waals surface area (Å²) in [5, 5.41) is 5.22. The minimum Gasteiger partial charge on any atom is -0.497 e. The maximum absolute atomic E-state index is 14.2. The number of halogens is 1. The highest BCUT2D eigenvalue weighted by atomic mass is 32.1. The van der Waals surface area contributed by atoms with E-state index in [9.17, 15) is 4.39 Å². The summed E-state index contributed by atoms with van der Waals surface area (Å²) in [5.41, 5.74) is 0.608. The molecule has 1 aromatic carbocycles. The summed E-state index contributed by atoms with van der Waals surface area (Å²) in [6.07, 6.45) is 0. The molecule has 108 valence electrons. The molecule has 2 aromatic rings. The van der Waals surface area contributed by atoms with Crippen LogP contribution in [0.15, 0.2) is 29.6 Å². The molecule has 1 aromatic heterocycles. The topological polar surface area (TPSA) is 30.5 Å². The Morgan fingerprint density at radius 3 is 2.50 bits per heavy atom. The van der Waals surface area contributed by atoms with Crippen LogP contribution >= 0.6 is 11.3 Å². The molecule has 0 bridgehead atoms. The lowest BCUT2D eigenvalue weighted by Gasteiger charge is -2.18. The minimum absolute atomic E-state index is 0.181. The first-order chi connectivity index (χ1) is 9.69. The molecule has 0 saturated heterocycles. The molecule has 1 unspecified atom stereocenters. The zero-order chi connectivity index (χ0) is 14.5. The van der Waals surface area contributed by atoms with E-state index in [1.54, 1.807) is 30.6 Å². The third-order valence-corrected chi connectivity index (χ3v) is 4.02. The number of rotatable bonds is 6. The zero-order valence-electron chi connectivity index (χ0n) is 11.8. The van der Waals surface area contributed by atoms with Crippen LogP contribution in [-0.2, 0) is 0 Å². The molecule has 0 amide bonds. The van der Waals surface area contributed by atoms with E-state index in [4.69, 9.17) is 9.47 Å². The van der Waals surface area contributed by atoms with Crippen molar-refractivity contribution in [3.8, 4) is 11.5 Å². The van der Waals surface area contributed by atoms with Crippen LogP contribution < -0.4 is 14.8 Å². The number of benzene rings is 1. The Labute approximate surface area is 122 Å². The number of methoxy groups -OCH3 is 2. The van der Waals surface area contributed by atoms with Gasteiger partial charge in [0.2, 0.25) is 0 Å². The maximum Gasteiger partial charge on any atom is 0.132 e. The van der Waals surface area contributed by atoms with E-state index in [0.717, 1.165) is 17.2 Å². The highest BCUT2D eigenvalue weighted by Gasteiger charge is 2.19. The van der Waals surface area contributed by atoms with Crippen molar-refractivity contribution < 1.29 is 13.9 Å². The first kappa shape index (κ1) is 14.8. The highest BCUT2D eigenvalue weighted by molar-refractivity contribution is 7.10. The van der Waals surface area contributed by atoms with Crippen LogP contribution in [0.2, 0.25) is 0 Å². The van der Waals surface area contributed by atoms with Gasteiger partial charge in [-0.1, -0.05) is 13.0 Å². The molecule has 0 radical (unpaired) electrons. The van der Waals surface area contributed by atoms with Crippen LogP contribution in [0.4, 0.5) is 4.39 Å². The lowest BCUT2D eigenvalue weighted by Crippen LogP contribution is -2.22. The standard InChI is InChI=1S/C15H18FNO2S/c1-4-17-15(14-8-11(19-3)9-20-14)12-6-5-10(18-2)7-13(12)16/h5-9,15,17H,4H2,1-3H3. The molecule has 0 saturated carbocycles. The van der Waals surface area contributed by atoms with Crippen molar-refractivity contribution in [1.29, 1.82) is 0 Å². The van der Waals surface area contributed by atoms with E-state index in [-0.39, 0.29) is 11.9 Å². The van der Waals surface area contributed by atoms with Crippen LogP contribution in [0.25, 0.3) is 0 Å². The predicted molar refractivity (Wildman–Crippen MR) is 79.3 cm³/mol. The normalized spacial score (nSPS) is 12.2. The van der Waals surface area contributed by atoms with Gasteiger partial charge in [0.05, 0.1) is 20.3 Å². The Morgan fingerprint density at radius 1 is 1.20 bits per heavy atom. The summed E-state index contributed by atoms with van der Waals surface area (Å²) >= 11 is 1.55. The van der Waals surface area contributed by atoms with Crippen molar-refractivity contribution in [3.63, 3.8) is 0 Å². The van der Waals surface area contributed by atoms with E-state index in [2.05, 4.69) is 5.32 Å². The molecule has 5 heteroatoms. The zero-order valence-corrected chi connectivity index (χ0v) is 12.6. The van der Waals surface area contributed by atoms with E-state index in [1.165, 1.54) is 13.2 Å². The Hall–Kier alpha value is -1.59. The van der Waals surface area contributed by atoms with Crippen molar-refractivity contribution in [2.24, 2.45) is 0 Å². The summed E-state index contributed by atoms with van der Waals surface area (Å²) in [5.74, 6) is 1.04. The van der Waals surface area contributed by atoms with E-state index < -0.39 is 0 Å². The van der Waals surface area contributed by atoms with Gasteiger partial charge in [0.1, 0.15) is 17.3 Å².